The zero-order valence-corrected chi connectivity index (χ0v) is 15.1. The van der Waals surface area contributed by atoms with Crippen molar-refractivity contribution < 1.29 is 14.3 Å². The minimum absolute atomic E-state index is 0.0177. The van der Waals surface area contributed by atoms with Crippen molar-refractivity contribution in [3.63, 3.8) is 0 Å². The molecule has 0 bridgehead atoms. The number of rotatable bonds is 6. The van der Waals surface area contributed by atoms with Gasteiger partial charge >= 0.3 is 0 Å². The second-order valence-corrected chi connectivity index (χ2v) is 6.76. The molecule has 1 aromatic rings. The quantitative estimate of drug-likeness (QED) is 0.750. The van der Waals surface area contributed by atoms with Crippen LogP contribution in [0.3, 0.4) is 0 Å². The van der Waals surface area contributed by atoms with Gasteiger partial charge in [-0.1, -0.05) is 23.2 Å². The summed E-state index contributed by atoms with van der Waals surface area (Å²) < 4.78 is 4.92. The molecule has 0 aliphatic heterocycles. The SMILES string of the molecule is COCCNC(=O)C1CCC(C(=O)Nc2ccc(Cl)c(Cl)c2)CC1. The Labute approximate surface area is 152 Å². The molecule has 0 atom stereocenters. The molecule has 0 unspecified atom stereocenters. The highest BCUT2D eigenvalue weighted by atomic mass is 35.5. The number of methoxy groups -OCH3 is 1. The average Bonchev–Trinajstić information content (AvgIpc) is 2.58. The Morgan fingerprint density at radius 1 is 1.08 bits per heavy atom. The second-order valence-electron chi connectivity index (χ2n) is 5.95. The molecule has 1 aliphatic rings. The van der Waals surface area contributed by atoms with Crippen LogP contribution >= 0.6 is 23.2 Å². The maximum absolute atomic E-state index is 12.3. The highest BCUT2D eigenvalue weighted by molar-refractivity contribution is 6.42. The molecule has 2 N–H and O–H groups in total. The molecular formula is C17H22Cl2N2O3. The monoisotopic (exact) mass is 372 g/mol. The lowest BCUT2D eigenvalue weighted by Gasteiger charge is -2.27. The van der Waals surface area contributed by atoms with E-state index < -0.39 is 0 Å². The van der Waals surface area contributed by atoms with E-state index in [2.05, 4.69) is 10.6 Å². The van der Waals surface area contributed by atoms with Gasteiger partial charge in [0.05, 0.1) is 16.7 Å². The molecule has 24 heavy (non-hydrogen) atoms. The van der Waals surface area contributed by atoms with Crippen molar-refractivity contribution in [3.05, 3.63) is 28.2 Å². The Balaban J connectivity index is 1.79. The number of hydrogen-bond donors (Lipinski definition) is 2. The summed E-state index contributed by atoms with van der Waals surface area (Å²) in [6, 6.07) is 5.01. The van der Waals surface area contributed by atoms with Crippen LogP contribution in [0.25, 0.3) is 0 Å². The molecule has 1 saturated carbocycles. The average molecular weight is 373 g/mol. The van der Waals surface area contributed by atoms with Crippen molar-refractivity contribution in [2.24, 2.45) is 11.8 Å². The Hall–Kier alpha value is -1.30. The topological polar surface area (TPSA) is 67.4 Å². The number of ether oxygens (including phenoxy) is 1. The molecule has 7 heteroatoms. The predicted molar refractivity (Wildman–Crippen MR) is 95.4 cm³/mol. The fourth-order valence-electron chi connectivity index (χ4n) is 2.86. The van der Waals surface area contributed by atoms with Gasteiger partial charge in [0.25, 0.3) is 0 Å². The highest BCUT2D eigenvalue weighted by Gasteiger charge is 2.29. The summed E-state index contributed by atoms with van der Waals surface area (Å²) in [7, 11) is 1.60. The van der Waals surface area contributed by atoms with E-state index >= 15 is 0 Å². The second kappa shape index (κ2) is 9.25. The molecule has 1 aliphatic carbocycles. The van der Waals surface area contributed by atoms with Crippen LogP contribution in [0.4, 0.5) is 5.69 Å². The maximum atomic E-state index is 12.3. The van der Waals surface area contributed by atoms with Crippen molar-refractivity contribution in [1.82, 2.24) is 5.32 Å². The van der Waals surface area contributed by atoms with Crippen LogP contribution in [0.1, 0.15) is 25.7 Å². The Bertz CT molecular complexity index is 587. The van der Waals surface area contributed by atoms with Gasteiger partial charge in [-0.3, -0.25) is 9.59 Å². The van der Waals surface area contributed by atoms with Crippen LogP contribution < -0.4 is 10.6 Å². The van der Waals surface area contributed by atoms with Crippen molar-refractivity contribution in [2.75, 3.05) is 25.6 Å². The van der Waals surface area contributed by atoms with Crippen molar-refractivity contribution in [2.45, 2.75) is 25.7 Å². The van der Waals surface area contributed by atoms with Gasteiger partial charge in [-0.2, -0.15) is 0 Å². The molecule has 1 aromatic carbocycles. The van der Waals surface area contributed by atoms with Crippen LogP contribution in [0, 0.1) is 11.8 Å². The van der Waals surface area contributed by atoms with Crippen LogP contribution in [-0.4, -0.2) is 32.1 Å². The number of hydrogen-bond acceptors (Lipinski definition) is 3. The molecular weight excluding hydrogens is 351 g/mol. The van der Waals surface area contributed by atoms with Crippen LogP contribution in [0.2, 0.25) is 10.0 Å². The summed E-state index contributed by atoms with van der Waals surface area (Å²) in [5.41, 5.74) is 0.633. The molecule has 1 fully saturated rings. The first-order chi connectivity index (χ1) is 11.5. The highest BCUT2D eigenvalue weighted by Crippen LogP contribution is 2.31. The van der Waals surface area contributed by atoms with E-state index in [-0.39, 0.29) is 23.7 Å². The van der Waals surface area contributed by atoms with Crippen LogP contribution in [0.5, 0.6) is 0 Å². The van der Waals surface area contributed by atoms with Gasteiger partial charge in [-0.15, -0.1) is 0 Å². The summed E-state index contributed by atoms with van der Waals surface area (Å²) in [6.45, 7) is 1.03. The van der Waals surface area contributed by atoms with E-state index in [0.29, 0.717) is 41.7 Å². The first-order valence-corrected chi connectivity index (χ1v) is 8.79. The molecule has 0 saturated heterocycles. The third-order valence-corrected chi connectivity index (χ3v) is 5.00. The third kappa shape index (κ3) is 5.36. The molecule has 2 amide bonds. The minimum Gasteiger partial charge on any atom is -0.383 e. The molecule has 0 radical (unpaired) electrons. The van der Waals surface area contributed by atoms with E-state index in [0.717, 1.165) is 12.8 Å². The third-order valence-electron chi connectivity index (χ3n) is 4.26. The number of anilines is 1. The molecule has 0 aromatic heterocycles. The fourth-order valence-corrected chi connectivity index (χ4v) is 3.15. The zero-order valence-electron chi connectivity index (χ0n) is 13.6. The first-order valence-electron chi connectivity index (χ1n) is 8.04. The maximum Gasteiger partial charge on any atom is 0.227 e. The smallest absolute Gasteiger partial charge is 0.227 e. The molecule has 132 valence electrons. The molecule has 2 rings (SSSR count). The van der Waals surface area contributed by atoms with E-state index in [1.807, 2.05) is 0 Å². The van der Waals surface area contributed by atoms with Gasteiger partial charge in [0.15, 0.2) is 0 Å². The largest absolute Gasteiger partial charge is 0.383 e. The lowest BCUT2D eigenvalue weighted by Crippen LogP contribution is -2.36. The standard InChI is InChI=1S/C17H22Cl2N2O3/c1-24-9-8-20-16(22)11-2-4-12(5-3-11)17(23)21-13-6-7-14(18)15(19)10-13/h6-7,10-12H,2-5,8-9H2,1H3,(H,20,22)(H,21,23). The number of carbonyl (C=O) groups is 2. The van der Waals surface area contributed by atoms with E-state index in [9.17, 15) is 9.59 Å². The number of amides is 2. The van der Waals surface area contributed by atoms with Gasteiger partial charge < -0.3 is 15.4 Å². The number of nitrogens with one attached hydrogen (secondary N) is 2. The summed E-state index contributed by atoms with van der Waals surface area (Å²) in [4.78, 5) is 24.4. The summed E-state index contributed by atoms with van der Waals surface area (Å²) in [5.74, 6) is -0.0830. The minimum atomic E-state index is -0.0810. The number of halogens is 2. The van der Waals surface area contributed by atoms with Crippen LogP contribution in [0.15, 0.2) is 18.2 Å². The Morgan fingerprint density at radius 2 is 1.71 bits per heavy atom. The predicted octanol–water partition coefficient (Wildman–Crippen LogP) is 3.50. The first kappa shape index (κ1) is 19.0. The van der Waals surface area contributed by atoms with Gasteiger partial charge in [-0.25, -0.2) is 0 Å². The van der Waals surface area contributed by atoms with Crippen molar-refractivity contribution >= 4 is 40.7 Å². The molecule has 0 spiro atoms. The molecule has 0 heterocycles. The van der Waals surface area contributed by atoms with Gasteiger partial charge in [0, 0.05) is 31.2 Å². The van der Waals surface area contributed by atoms with Gasteiger partial charge in [0.2, 0.25) is 11.8 Å². The summed E-state index contributed by atoms with van der Waals surface area (Å²) in [6.07, 6.45) is 2.85. The number of benzene rings is 1. The Kier molecular flexibility index (Phi) is 7.34. The van der Waals surface area contributed by atoms with E-state index in [1.54, 1.807) is 25.3 Å². The van der Waals surface area contributed by atoms with E-state index in [4.69, 9.17) is 27.9 Å². The summed E-state index contributed by atoms with van der Waals surface area (Å²) in [5, 5.41) is 6.59. The fraction of sp³-hybridized carbons (Fsp3) is 0.529. The van der Waals surface area contributed by atoms with Gasteiger partial charge in [0.1, 0.15) is 0 Å². The number of carbonyl (C=O) groups excluding carboxylic acids is 2. The van der Waals surface area contributed by atoms with Crippen molar-refractivity contribution in [3.8, 4) is 0 Å². The van der Waals surface area contributed by atoms with Gasteiger partial charge in [-0.05, 0) is 43.9 Å². The molecule has 5 nitrogen and oxygen atoms in total. The zero-order chi connectivity index (χ0) is 17.5. The normalized spacial score (nSPS) is 20.5. The van der Waals surface area contributed by atoms with Crippen molar-refractivity contribution in [1.29, 1.82) is 0 Å². The lowest BCUT2D eigenvalue weighted by atomic mass is 9.81. The Morgan fingerprint density at radius 3 is 2.29 bits per heavy atom. The summed E-state index contributed by atoms with van der Waals surface area (Å²) >= 11 is 11.8. The van der Waals surface area contributed by atoms with E-state index in [1.165, 1.54) is 0 Å². The van der Waals surface area contributed by atoms with Crippen LogP contribution in [-0.2, 0) is 14.3 Å². The lowest BCUT2D eigenvalue weighted by molar-refractivity contribution is -0.128.